The number of nitrogens with zero attached hydrogens (tertiary/aromatic N) is 2. The molecular formula is C26H25N3O4S. The lowest BCUT2D eigenvalue weighted by molar-refractivity contribution is -0.127. The number of carbonyl (C=O) groups is 3. The van der Waals surface area contributed by atoms with Gasteiger partial charge < -0.3 is 14.6 Å². The van der Waals surface area contributed by atoms with Crippen molar-refractivity contribution in [2.75, 3.05) is 19.0 Å². The van der Waals surface area contributed by atoms with Crippen molar-refractivity contribution in [2.24, 2.45) is 0 Å². The van der Waals surface area contributed by atoms with Gasteiger partial charge in [-0.25, -0.2) is 0 Å². The number of hydrogen-bond acceptors (Lipinski definition) is 5. The number of amides is 3. The molecule has 0 saturated carbocycles. The smallest absolute Gasteiger partial charge is 0.294 e. The third-order valence-corrected chi connectivity index (χ3v) is 6.51. The topological polar surface area (TPSA) is 80.6 Å². The maximum atomic E-state index is 12.9. The summed E-state index contributed by atoms with van der Waals surface area (Å²) in [4.78, 5) is 39.1. The van der Waals surface area contributed by atoms with Crippen LogP contribution < -0.4 is 10.1 Å². The van der Waals surface area contributed by atoms with Gasteiger partial charge >= 0.3 is 0 Å². The number of carbonyl (C=O) groups excluding carboxylic acids is 3. The van der Waals surface area contributed by atoms with E-state index in [1.165, 1.54) is 0 Å². The van der Waals surface area contributed by atoms with E-state index in [0.29, 0.717) is 10.6 Å². The molecule has 0 unspecified atom stereocenters. The van der Waals surface area contributed by atoms with Crippen LogP contribution in [0.3, 0.4) is 0 Å². The van der Waals surface area contributed by atoms with Crippen molar-refractivity contribution in [3.8, 4) is 11.4 Å². The fourth-order valence-electron chi connectivity index (χ4n) is 3.82. The van der Waals surface area contributed by atoms with Crippen LogP contribution >= 0.6 is 11.8 Å². The lowest BCUT2D eigenvalue weighted by atomic mass is 10.2. The second-order valence-corrected chi connectivity index (χ2v) is 9.04. The summed E-state index contributed by atoms with van der Waals surface area (Å²) in [6.45, 7) is 5.56. The summed E-state index contributed by atoms with van der Waals surface area (Å²) >= 11 is 0.844. The Labute approximate surface area is 202 Å². The number of rotatable bonds is 6. The first-order valence-electron chi connectivity index (χ1n) is 10.7. The second kappa shape index (κ2) is 9.61. The van der Waals surface area contributed by atoms with Crippen molar-refractivity contribution in [2.45, 2.75) is 20.8 Å². The molecule has 0 aliphatic carbocycles. The fraction of sp³-hybridized carbons (Fsp3) is 0.192. The molecule has 0 spiro atoms. The molecule has 1 N–H and O–H groups in total. The Kier molecular flexibility index (Phi) is 6.61. The van der Waals surface area contributed by atoms with Crippen LogP contribution in [0.5, 0.6) is 5.75 Å². The zero-order chi connectivity index (χ0) is 24.4. The van der Waals surface area contributed by atoms with Crippen LogP contribution in [0.4, 0.5) is 10.5 Å². The highest BCUT2D eigenvalue weighted by Crippen LogP contribution is 2.34. The fourth-order valence-corrected chi connectivity index (χ4v) is 4.65. The van der Waals surface area contributed by atoms with Gasteiger partial charge in [-0.1, -0.05) is 17.7 Å². The number of aryl methyl sites for hydroxylation is 2. The van der Waals surface area contributed by atoms with E-state index in [1.807, 2.05) is 63.2 Å². The second-order valence-electron chi connectivity index (χ2n) is 8.04. The molecule has 174 valence electrons. The highest BCUT2D eigenvalue weighted by Gasteiger charge is 2.36. The summed E-state index contributed by atoms with van der Waals surface area (Å²) in [6, 6.07) is 17.0. The van der Waals surface area contributed by atoms with E-state index < -0.39 is 17.1 Å². The standard InChI is InChI=1S/C26H25N3O4S/c1-16-5-7-20(8-6-16)27-24(30)15-28-25(31)23(34-26(28)32)14-19-13-17(2)29(18(19)3)21-9-11-22(33-4)12-10-21/h5-14H,15H2,1-4H3,(H,27,30)/b23-14-. The van der Waals surface area contributed by atoms with Gasteiger partial charge in [0.2, 0.25) is 5.91 Å². The van der Waals surface area contributed by atoms with Gasteiger partial charge in [0, 0.05) is 22.8 Å². The molecule has 2 heterocycles. The number of benzene rings is 2. The number of ether oxygens (including phenoxy) is 1. The normalized spacial score (nSPS) is 14.7. The van der Waals surface area contributed by atoms with Crippen molar-refractivity contribution < 1.29 is 19.1 Å². The molecule has 3 aromatic rings. The summed E-state index contributed by atoms with van der Waals surface area (Å²) in [7, 11) is 1.62. The number of methoxy groups -OCH3 is 1. The largest absolute Gasteiger partial charge is 0.497 e. The van der Waals surface area contributed by atoms with Crippen LogP contribution in [-0.2, 0) is 9.59 Å². The molecule has 3 amide bonds. The van der Waals surface area contributed by atoms with E-state index in [1.54, 1.807) is 25.3 Å². The molecule has 1 fully saturated rings. The van der Waals surface area contributed by atoms with Crippen LogP contribution in [0.1, 0.15) is 22.5 Å². The minimum Gasteiger partial charge on any atom is -0.497 e. The summed E-state index contributed by atoms with van der Waals surface area (Å²) in [5.41, 5.74) is 5.42. The molecule has 7 nitrogen and oxygen atoms in total. The molecule has 0 radical (unpaired) electrons. The molecule has 0 atom stereocenters. The highest BCUT2D eigenvalue weighted by molar-refractivity contribution is 8.18. The molecule has 1 saturated heterocycles. The summed E-state index contributed by atoms with van der Waals surface area (Å²) in [5, 5.41) is 2.26. The van der Waals surface area contributed by atoms with Crippen molar-refractivity contribution in [1.29, 1.82) is 0 Å². The number of thioether (sulfide) groups is 1. The van der Waals surface area contributed by atoms with E-state index in [0.717, 1.165) is 50.6 Å². The van der Waals surface area contributed by atoms with E-state index in [2.05, 4.69) is 9.88 Å². The molecule has 1 aliphatic rings. The number of nitrogens with one attached hydrogen (secondary N) is 1. The van der Waals surface area contributed by atoms with Crippen LogP contribution in [0.15, 0.2) is 59.5 Å². The third kappa shape index (κ3) is 4.77. The minimum atomic E-state index is -0.469. The molecular weight excluding hydrogens is 450 g/mol. The van der Waals surface area contributed by atoms with Gasteiger partial charge in [0.15, 0.2) is 0 Å². The number of imide groups is 1. The summed E-state index contributed by atoms with van der Waals surface area (Å²) in [5.74, 6) is -0.125. The van der Waals surface area contributed by atoms with Crippen LogP contribution in [0.2, 0.25) is 0 Å². The number of hydrogen-bond donors (Lipinski definition) is 1. The van der Waals surface area contributed by atoms with Crippen molar-refractivity contribution in [3.05, 3.63) is 82.0 Å². The predicted molar refractivity (Wildman–Crippen MR) is 134 cm³/mol. The Morgan fingerprint density at radius 2 is 1.71 bits per heavy atom. The Balaban J connectivity index is 1.51. The van der Waals surface area contributed by atoms with Gasteiger partial charge in [-0.2, -0.15) is 0 Å². The Morgan fingerprint density at radius 1 is 1.03 bits per heavy atom. The van der Waals surface area contributed by atoms with Crippen LogP contribution in [0.25, 0.3) is 11.8 Å². The Hall–Kier alpha value is -3.78. The zero-order valence-corrected chi connectivity index (χ0v) is 20.2. The van der Waals surface area contributed by atoms with Crippen LogP contribution in [-0.4, -0.2) is 40.2 Å². The third-order valence-electron chi connectivity index (χ3n) is 5.60. The lowest BCUT2D eigenvalue weighted by Gasteiger charge is -2.12. The Bertz CT molecular complexity index is 1290. The summed E-state index contributed by atoms with van der Waals surface area (Å²) < 4.78 is 7.31. The van der Waals surface area contributed by atoms with Crippen LogP contribution in [0, 0.1) is 20.8 Å². The average Bonchev–Trinajstić information content (AvgIpc) is 3.24. The van der Waals surface area contributed by atoms with E-state index in [-0.39, 0.29) is 6.54 Å². The predicted octanol–water partition coefficient (Wildman–Crippen LogP) is 5.09. The average molecular weight is 476 g/mol. The molecule has 1 aliphatic heterocycles. The molecule has 1 aromatic heterocycles. The molecule has 8 heteroatoms. The minimum absolute atomic E-state index is 0.295. The van der Waals surface area contributed by atoms with Crippen molar-refractivity contribution in [1.82, 2.24) is 9.47 Å². The van der Waals surface area contributed by atoms with Gasteiger partial charge in [0.05, 0.1) is 12.0 Å². The monoisotopic (exact) mass is 475 g/mol. The van der Waals surface area contributed by atoms with Gasteiger partial charge in [-0.05, 0) is 86.6 Å². The van der Waals surface area contributed by atoms with E-state index in [4.69, 9.17) is 4.74 Å². The van der Waals surface area contributed by atoms with Gasteiger partial charge in [-0.15, -0.1) is 0 Å². The highest BCUT2D eigenvalue weighted by atomic mass is 32.2. The quantitative estimate of drug-likeness (QED) is 0.503. The van der Waals surface area contributed by atoms with Gasteiger partial charge in [0.1, 0.15) is 12.3 Å². The van der Waals surface area contributed by atoms with Crippen molar-refractivity contribution >= 4 is 40.6 Å². The van der Waals surface area contributed by atoms with Crippen molar-refractivity contribution in [3.63, 3.8) is 0 Å². The molecule has 0 bridgehead atoms. The maximum absolute atomic E-state index is 12.9. The first-order chi connectivity index (χ1) is 16.3. The molecule has 4 rings (SSSR count). The van der Waals surface area contributed by atoms with E-state index >= 15 is 0 Å². The first-order valence-corrected chi connectivity index (χ1v) is 11.5. The number of anilines is 1. The first kappa shape index (κ1) is 23.4. The zero-order valence-electron chi connectivity index (χ0n) is 19.4. The van der Waals surface area contributed by atoms with E-state index in [9.17, 15) is 14.4 Å². The maximum Gasteiger partial charge on any atom is 0.294 e. The molecule has 34 heavy (non-hydrogen) atoms. The summed E-state index contributed by atoms with van der Waals surface area (Å²) in [6.07, 6.45) is 1.71. The SMILES string of the molecule is COc1ccc(-n2c(C)cc(/C=C3\SC(=O)N(CC(=O)Nc4ccc(C)cc4)C3=O)c2C)cc1. The Morgan fingerprint density at radius 3 is 2.35 bits per heavy atom. The molecule has 2 aromatic carbocycles. The lowest BCUT2D eigenvalue weighted by Crippen LogP contribution is -2.36. The van der Waals surface area contributed by atoms with Gasteiger partial charge in [-0.3, -0.25) is 19.3 Å². The van der Waals surface area contributed by atoms with Gasteiger partial charge in [0.25, 0.3) is 11.1 Å². The number of aromatic nitrogens is 1.